The number of aryl methyl sites for hydroxylation is 1. The number of ether oxygens (including phenoxy) is 1. The molecule has 0 spiro atoms. The average Bonchev–Trinajstić information content (AvgIpc) is 2.54. The number of benzene rings is 1. The van der Waals surface area contributed by atoms with Gasteiger partial charge in [-0.3, -0.25) is 9.59 Å². The van der Waals surface area contributed by atoms with Crippen LogP contribution < -0.4 is 0 Å². The molecule has 1 aromatic rings. The summed E-state index contributed by atoms with van der Waals surface area (Å²) in [5, 5.41) is 0. The number of methoxy groups -OCH3 is 1. The molecule has 0 saturated heterocycles. The molecule has 0 unspecified atom stereocenters. The highest BCUT2D eigenvalue weighted by Crippen LogP contribution is 2.34. The second-order valence-corrected chi connectivity index (χ2v) is 3.62. The predicted octanol–water partition coefficient (Wildman–Crippen LogP) is 1.92. The standard InChI is InChI=1S/C12H11O3/c1-7-3-8(6-13)12-9(4-7)11(15-2)5-10(12)14/h3-4,6H,5H2,1-2H3. The van der Waals surface area contributed by atoms with Crippen LogP contribution in [0.4, 0.5) is 0 Å². The van der Waals surface area contributed by atoms with E-state index in [4.69, 9.17) is 4.74 Å². The zero-order chi connectivity index (χ0) is 11.0. The zero-order valence-corrected chi connectivity index (χ0v) is 8.66. The number of carbonyl (C=O) groups excluding carboxylic acids is 2. The van der Waals surface area contributed by atoms with Crippen LogP contribution in [0.5, 0.6) is 0 Å². The third-order valence-corrected chi connectivity index (χ3v) is 2.59. The van der Waals surface area contributed by atoms with Gasteiger partial charge in [-0.25, -0.2) is 0 Å². The van der Waals surface area contributed by atoms with Crippen molar-refractivity contribution >= 4 is 12.1 Å². The summed E-state index contributed by atoms with van der Waals surface area (Å²) in [6.45, 7) is 1.89. The van der Waals surface area contributed by atoms with E-state index < -0.39 is 0 Å². The van der Waals surface area contributed by atoms with Crippen molar-refractivity contribution in [1.29, 1.82) is 0 Å². The van der Waals surface area contributed by atoms with Gasteiger partial charge in [0.2, 0.25) is 0 Å². The van der Waals surface area contributed by atoms with E-state index in [2.05, 4.69) is 0 Å². The molecule has 1 aliphatic carbocycles. The molecular formula is C12H11O3. The maximum absolute atomic E-state index is 11.7. The summed E-state index contributed by atoms with van der Waals surface area (Å²) in [6, 6.07) is 3.61. The molecule has 77 valence electrons. The van der Waals surface area contributed by atoms with E-state index in [1.165, 1.54) is 0 Å². The van der Waals surface area contributed by atoms with E-state index in [1.54, 1.807) is 13.2 Å². The Labute approximate surface area is 88.1 Å². The topological polar surface area (TPSA) is 43.4 Å². The minimum absolute atomic E-state index is 0.0380. The van der Waals surface area contributed by atoms with Gasteiger partial charge in [0.05, 0.1) is 0 Å². The van der Waals surface area contributed by atoms with E-state index in [0.29, 0.717) is 17.2 Å². The summed E-state index contributed by atoms with van der Waals surface area (Å²) in [6.07, 6.45) is 1.64. The normalized spacial score (nSPS) is 15.5. The molecule has 0 atom stereocenters. The van der Waals surface area contributed by atoms with E-state index in [-0.39, 0.29) is 12.2 Å². The number of fused-ring (bicyclic) bond motifs is 1. The van der Waals surface area contributed by atoms with Crippen LogP contribution in [0, 0.1) is 13.0 Å². The van der Waals surface area contributed by atoms with Crippen molar-refractivity contribution in [1.82, 2.24) is 0 Å². The van der Waals surface area contributed by atoms with E-state index in [9.17, 15) is 9.59 Å². The van der Waals surface area contributed by atoms with Crippen molar-refractivity contribution in [3.63, 3.8) is 0 Å². The van der Waals surface area contributed by atoms with Crippen LogP contribution in [0.2, 0.25) is 0 Å². The maximum Gasteiger partial charge on any atom is 0.167 e. The second-order valence-electron chi connectivity index (χ2n) is 3.62. The molecule has 2 rings (SSSR count). The van der Waals surface area contributed by atoms with E-state index in [0.717, 1.165) is 17.4 Å². The first-order valence-electron chi connectivity index (χ1n) is 4.70. The summed E-state index contributed by atoms with van der Waals surface area (Å²) in [5.41, 5.74) is 2.69. The van der Waals surface area contributed by atoms with Crippen molar-refractivity contribution < 1.29 is 14.3 Å². The van der Waals surface area contributed by atoms with Gasteiger partial charge < -0.3 is 4.74 Å². The van der Waals surface area contributed by atoms with Gasteiger partial charge in [-0.05, 0) is 24.1 Å². The molecule has 1 aliphatic rings. The summed E-state index contributed by atoms with van der Waals surface area (Å²) in [4.78, 5) is 22.5. The first kappa shape index (κ1) is 10.1. The number of hydrogen-bond donors (Lipinski definition) is 0. The third kappa shape index (κ3) is 1.49. The lowest BCUT2D eigenvalue weighted by atomic mass is 10.00. The minimum atomic E-state index is -0.0380. The Hall–Kier alpha value is -1.48. The Kier molecular flexibility index (Phi) is 2.40. The number of rotatable bonds is 2. The molecule has 15 heavy (non-hydrogen) atoms. The number of carbonyl (C=O) groups is 2. The average molecular weight is 203 g/mol. The van der Waals surface area contributed by atoms with Crippen LogP contribution in [0.25, 0.3) is 0 Å². The lowest BCUT2D eigenvalue weighted by molar-refractivity contribution is 0.0968. The zero-order valence-electron chi connectivity index (χ0n) is 8.66. The van der Waals surface area contributed by atoms with Crippen molar-refractivity contribution in [2.24, 2.45) is 0 Å². The maximum atomic E-state index is 11.7. The molecule has 0 fully saturated rings. The van der Waals surface area contributed by atoms with Gasteiger partial charge in [0, 0.05) is 24.7 Å². The molecule has 1 radical (unpaired) electrons. The molecule has 0 heterocycles. The molecule has 3 nitrogen and oxygen atoms in total. The van der Waals surface area contributed by atoms with Gasteiger partial charge in [-0.2, -0.15) is 0 Å². The van der Waals surface area contributed by atoms with Gasteiger partial charge in [-0.1, -0.05) is 6.07 Å². The van der Waals surface area contributed by atoms with Crippen LogP contribution in [0.1, 0.15) is 38.3 Å². The largest absolute Gasteiger partial charge is 0.370 e. The fourth-order valence-electron chi connectivity index (χ4n) is 1.95. The van der Waals surface area contributed by atoms with Crippen LogP contribution in [0.3, 0.4) is 0 Å². The quantitative estimate of drug-likeness (QED) is 0.690. The van der Waals surface area contributed by atoms with Crippen LogP contribution in [-0.4, -0.2) is 19.2 Å². The molecule has 1 aromatic carbocycles. The Balaban J connectivity index is 2.66. The van der Waals surface area contributed by atoms with E-state index in [1.807, 2.05) is 13.0 Å². The number of Topliss-reactive ketones (excluding diaryl/α,β-unsaturated/α-hetero) is 1. The van der Waals surface area contributed by atoms with Gasteiger partial charge in [-0.15, -0.1) is 0 Å². The molecule has 0 aromatic heterocycles. The smallest absolute Gasteiger partial charge is 0.167 e. The summed E-state index contributed by atoms with van der Waals surface area (Å²) in [7, 11) is 1.54. The van der Waals surface area contributed by atoms with Crippen molar-refractivity contribution in [2.75, 3.05) is 7.11 Å². The lowest BCUT2D eigenvalue weighted by Gasteiger charge is -2.08. The van der Waals surface area contributed by atoms with Gasteiger partial charge in [0.1, 0.15) is 6.10 Å². The Morgan fingerprint density at radius 3 is 2.73 bits per heavy atom. The molecular weight excluding hydrogens is 192 g/mol. The number of aldehydes is 1. The summed E-state index contributed by atoms with van der Waals surface area (Å²) >= 11 is 0. The molecule has 0 amide bonds. The molecule has 0 aliphatic heterocycles. The van der Waals surface area contributed by atoms with Gasteiger partial charge in [0.25, 0.3) is 0 Å². The molecule has 0 N–H and O–H groups in total. The Morgan fingerprint density at radius 2 is 2.13 bits per heavy atom. The monoisotopic (exact) mass is 203 g/mol. The highest BCUT2D eigenvalue weighted by atomic mass is 16.5. The number of ketones is 1. The predicted molar refractivity (Wildman–Crippen MR) is 54.9 cm³/mol. The third-order valence-electron chi connectivity index (χ3n) is 2.59. The first-order valence-corrected chi connectivity index (χ1v) is 4.70. The SMILES string of the molecule is CO[C]1CC(=O)c2c(C=O)cc(C)cc21. The van der Waals surface area contributed by atoms with Crippen LogP contribution >= 0.6 is 0 Å². The molecule has 0 saturated carbocycles. The fraction of sp³-hybridized carbons (Fsp3) is 0.250. The number of hydrogen-bond acceptors (Lipinski definition) is 3. The molecule has 0 bridgehead atoms. The lowest BCUT2D eigenvalue weighted by Crippen LogP contribution is -1.99. The molecule has 3 heteroatoms. The minimum Gasteiger partial charge on any atom is -0.370 e. The fourth-order valence-corrected chi connectivity index (χ4v) is 1.95. The Morgan fingerprint density at radius 1 is 1.40 bits per heavy atom. The van der Waals surface area contributed by atoms with Gasteiger partial charge in [0.15, 0.2) is 12.1 Å². The van der Waals surface area contributed by atoms with E-state index >= 15 is 0 Å². The van der Waals surface area contributed by atoms with Gasteiger partial charge >= 0.3 is 0 Å². The Bertz CT molecular complexity index is 435. The first-order chi connectivity index (χ1) is 7.17. The second kappa shape index (κ2) is 3.59. The van der Waals surface area contributed by atoms with Crippen molar-refractivity contribution in [3.05, 3.63) is 40.5 Å². The summed E-state index contributed by atoms with van der Waals surface area (Å²) in [5.74, 6) is -0.0380. The van der Waals surface area contributed by atoms with Crippen molar-refractivity contribution in [3.8, 4) is 0 Å². The highest BCUT2D eigenvalue weighted by molar-refractivity contribution is 6.08. The van der Waals surface area contributed by atoms with Crippen LogP contribution in [-0.2, 0) is 4.74 Å². The van der Waals surface area contributed by atoms with Crippen molar-refractivity contribution in [2.45, 2.75) is 13.3 Å². The summed E-state index contributed by atoms with van der Waals surface area (Å²) < 4.78 is 5.14. The highest BCUT2D eigenvalue weighted by Gasteiger charge is 2.32. The van der Waals surface area contributed by atoms with Crippen LogP contribution in [0.15, 0.2) is 12.1 Å².